The van der Waals surface area contributed by atoms with Gasteiger partial charge in [-0.3, -0.25) is 4.72 Å². The van der Waals surface area contributed by atoms with Gasteiger partial charge in [-0.2, -0.15) is 0 Å². The molecule has 106 valence electrons. The lowest BCUT2D eigenvalue weighted by Crippen LogP contribution is -2.13. The topological polar surface area (TPSA) is 75.6 Å². The third kappa shape index (κ3) is 3.03. The Balaban J connectivity index is 2.37. The second-order valence-electron chi connectivity index (χ2n) is 4.30. The molecule has 0 aromatic heterocycles. The van der Waals surface area contributed by atoms with Crippen molar-refractivity contribution in [3.63, 3.8) is 0 Å². The largest absolute Gasteiger partial charge is 0.508 e. The third-order valence-electron chi connectivity index (χ3n) is 2.75. The van der Waals surface area contributed by atoms with Gasteiger partial charge in [0.1, 0.15) is 11.5 Å². The van der Waals surface area contributed by atoms with Gasteiger partial charge < -0.3 is 9.84 Å². The Morgan fingerprint density at radius 2 is 1.75 bits per heavy atom. The van der Waals surface area contributed by atoms with E-state index in [9.17, 15) is 13.5 Å². The van der Waals surface area contributed by atoms with E-state index in [0.717, 1.165) is 5.56 Å². The Hall–Kier alpha value is -2.21. The zero-order valence-electron chi connectivity index (χ0n) is 11.1. The van der Waals surface area contributed by atoms with Crippen LogP contribution in [0.25, 0.3) is 0 Å². The van der Waals surface area contributed by atoms with Crippen LogP contribution in [0.5, 0.6) is 11.5 Å². The van der Waals surface area contributed by atoms with Crippen molar-refractivity contribution in [1.29, 1.82) is 0 Å². The number of ether oxygens (including phenoxy) is 1. The number of phenols is 1. The maximum Gasteiger partial charge on any atom is 0.262 e. The highest BCUT2D eigenvalue weighted by Gasteiger charge is 2.16. The van der Waals surface area contributed by atoms with E-state index in [1.54, 1.807) is 12.1 Å². The highest BCUT2D eigenvalue weighted by molar-refractivity contribution is 7.92. The fraction of sp³-hybridized carbons (Fsp3) is 0.143. The summed E-state index contributed by atoms with van der Waals surface area (Å²) in [4.78, 5) is 0.0684. The standard InChI is InChI=1S/C14H15NO4S/c1-10-3-8-14(19-2)13(9-10)15-20(17,18)12-6-4-11(16)5-7-12/h3-9,15-16H,1-2H3. The van der Waals surface area contributed by atoms with Crippen LogP contribution in [0.3, 0.4) is 0 Å². The second-order valence-corrected chi connectivity index (χ2v) is 5.99. The van der Waals surface area contributed by atoms with Crippen molar-refractivity contribution in [1.82, 2.24) is 0 Å². The molecule has 5 nitrogen and oxygen atoms in total. The second kappa shape index (κ2) is 5.42. The number of nitrogens with one attached hydrogen (secondary N) is 1. The van der Waals surface area contributed by atoms with Crippen molar-refractivity contribution in [2.75, 3.05) is 11.8 Å². The van der Waals surface area contributed by atoms with E-state index >= 15 is 0 Å². The number of rotatable bonds is 4. The van der Waals surface area contributed by atoms with Crippen molar-refractivity contribution in [3.8, 4) is 11.5 Å². The van der Waals surface area contributed by atoms with E-state index in [4.69, 9.17) is 4.74 Å². The van der Waals surface area contributed by atoms with Gasteiger partial charge in [0.05, 0.1) is 17.7 Å². The number of sulfonamides is 1. The van der Waals surface area contributed by atoms with Crippen LogP contribution in [0.2, 0.25) is 0 Å². The van der Waals surface area contributed by atoms with E-state index < -0.39 is 10.0 Å². The van der Waals surface area contributed by atoms with E-state index in [0.29, 0.717) is 11.4 Å². The predicted octanol–water partition coefficient (Wildman–Crippen LogP) is 2.51. The molecule has 2 aromatic rings. The molecule has 0 saturated carbocycles. The first kappa shape index (κ1) is 14.2. The molecule has 0 heterocycles. The number of methoxy groups -OCH3 is 1. The molecule has 0 aliphatic rings. The van der Waals surface area contributed by atoms with Gasteiger partial charge in [-0.15, -0.1) is 0 Å². The minimum absolute atomic E-state index is 0.0112. The van der Waals surface area contributed by atoms with Crippen LogP contribution in [0.1, 0.15) is 5.56 Å². The van der Waals surface area contributed by atoms with Crippen LogP contribution in [-0.2, 0) is 10.0 Å². The summed E-state index contributed by atoms with van der Waals surface area (Å²) in [6, 6.07) is 10.5. The summed E-state index contributed by atoms with van der Waals surface area (Å²) in [5, 5.41) is 9.20. The van der Waals surface area contributed by atoms with Crippen molar-refractivity contribution in [2.24, 2.45) is 0 Å². The fourth-order valence-electron chi connectivity index (χ4n) is 1.73. The maximum absolute atomic E-state index is 12.2. The van der Waals surface area contributed by atoms with Gasteiger partial charge in [0.15, 0.2) is 0 Å². The molecular weight excluding hydrogens is 278 g/mol. The third-order valence-corrected chi connectivity index (χ3v) is 4.13. The zero-order chi connectivity index (χ0) is 14.8. The molecule has 6 heteroatoms. The lowest BCUT2D eigenvalue weighted by Gasteiger charge is -2.12. The molecule has 0 atom stereocenters. The number of aromatic hydroxyl groups is 1. The molecule has 2 rings (SSSR count). The van der Waals surface area contributed by atoms with Crippen LogP contribution >= 0.6 is 0 Å². The minimum atomic E-state index is -3.72. The summed E-state index contributed by atoms with van der Waals surface area (Å²) in [5.74, 6) is 0.454. The Bertz CT molecular complexity index is 708. The number of benzene rings is 2. The van der Waals surface area contributed by atoms with Crippen molar-refractivity contribution >= 4 is 15.7 Å². The molecular formula is C14H15NO4S. The smallest absolute Gasteiger partial charge is 0.262 e. The Labute approximate surface area is 117 Å². The van der Waals surface area contributed by atoms with Crippen LogP contribution in [0.4, 0.5) is 5.69 Å². The quantitative estimate of drug-likeness (QED) is 0.908. The molecule has 0 spiro atoms. The number of hydrogen-bond acceptors (Lipinski definition) is 4. The summed E-state index contributed by atoms with van der Waals surface area (Å²) < 4.78 is 32.1. The Morgan fingerprint density at radius 3 is 2.35 bits per heavy atom. The number of aryl methyl sites for hydroxylation is 1. The lowest BCUT2D eigenvalue weighted by atomic mass is 10.2. The summed E-state index contributed by atoms with van der Waals surface area (Å²) in [6.45, 7) is 1.86. The van der Waals surface area contributed by atoms with Gasteiger partial charge in [-0.1, -0.05) is 6.07 Å². The molecule has 2 aromatic carbocycles. The van der Waals surface area contributed by atoms with Gasteiger partial charge in [-0.05, 0) is 48.9 Å². The molecule has 2 N–H and O–H groups in total. The number of hydrogen-bond donors (Lipinski definition) is 2. The predicted molar refractivity (Wildman–Crippen MR) is 76.6 cm³/mol. The maximum atomic E-state index is 12.2. The van der Waals surface area contributed by atoms with E-state index in [-0.39, 0.29) is 10.6 Å². The zero-order valence-corrected chi connectivity index (χ0v) is 11.9. The normalized spacial score (nSPS) is 11.1. The van der Waals surface area contributed by atoms with Gasteiger partial charge in [-0.25, -0.2) is 8.42 Å². The molecule has 0 aliphatic carbocycles. The van der Waals surface area contributed by atoms with Crippen molar-refractivity contribution in [3.05, 3.63) is 48.0 Å². The minimum Gasteiger partial charge on any atom is -0.508 e. The Kier molecular flexibility index (Phi) is 3.85. The molecule has 0 saturated heterocycles. The monoisotopic (exact) mass is 293 g/mol. The first-order chi connectivity index (χ1) is 9.42. The first-order valence-electron chi connectivity index (χ1n) is 5.89. The summed E-state index contributed by atoms with van der Waals surface area (Å²) in [6.07, 6.45) is 0. The molecule has 20 heavy (non-hydrogen) atoms. The first-order valence-corrected chi connectivity index (χ1v) is 7.37. The molecule has 0 fully saturated rings. The van der Waals surface area contributed by atoms with Gasteiger partial charge in [0, 0.05) is 0 Å². The van der Waals surface area contributed by atoms with Crippen LogP contribution < -0.4 is 9.46 Å². The Morgan fingerprint density at radius 1 is 1.10 bits per heavy atom. The summed E-state index contributed by atoms with van der Waals surface area (Å²) >= 11 is 0. The van der Waals surface area contributed by atoms with Gasteiger partial charge in [0.25, 0.3) is 10.0 Å². The number of anilines is 1. The average Bonchev–Trinajstić information content (AvgIpc) is 2.39. The molecule has 0 unspecified atom stereocenters. The molecule has 0 radical (unpaired) electrons. The van der Waals surface area contributed by atoms with Gasteiger partial charge in [0.2, 0.25) is 0 Å². The van der Waals surface area contributed by atoms with Crippen LogP contribution in [-0.4, -0.2) is 20.6 Å². The van der Waals surface area contributed by atoms with Gasteiger partial charge >= 0.3 is 0 Å². The fourth-order valence-corrected chi connectivity index (χ4v) is 2.79. The van der Waals surface area contributed by atoms with E-state index in [2.05, 4.69) is 4.72 Å². The summed E-state index contributed by atoms with van der Waals surface area (Å²) in [5.41, 5.74) is 1.29. The molecule has 0 aliphatic heterocycles. The SMILES string of the molecule is COc1ccc(C)cc1NS(=O)(=O)c1ccc(O)cc1. The van der Waals surface area contributed by atoms with Crippen LogP contribution in [0.15, 0.2) is 47.4 Å². The molecule has 0 amide bonds. The van der Waals surface area contributed by atoms with E-state index in [1.807, 2.05) is 13.0 Å². The highest BCUT2D eigenvalue weighted by atomic mass is 32.2. The highest BCUT2D eigenvalue weighted by Crippen LogP contribution is 2.28. The van der Waals surface area contributed by atoms with Crippen molar-refractivity contribution in [2.45, 2.75) is 11.8 Å². The average molecular weight is 293 g/mol. The van der Waals surface area contributed by atoms with E-state index in [1.165, 1.54) is 31.4 Å². The number of phenolic OH excluding ortho intramolecular Hbond substituents is 1. The summed E-state index contributed by atoms with van der Waals surface area (Å²) in [7, 11) is -2.25. The molecule has 0 bridgehead atoms. The van der Waals surface area contributed by atoms with Crippen molar-refractivity contribution < 1.29 is 18.3 Å². The lowest BCUT2D eigenvalue weighted by molar-refractivity contribution is 0.417. The van der Waals surface area contributed by atoms with Crippen LogP contribution in [0, 0.1) is 6.92 Å².